The van der Waals surface area contributed by atoms with Crippen LogP contribution in [0.15, 0.2) is 29.2 Å². The third-order valence-electron chi connectivity index (χ3n) is 7.13. The van der Waals surface area contributed by atoms with E-state index in [9.17, 15) is 13.6 Å². The van der Waals surface area contributed by atoms with Crippen molar-refractivity contribution in [3.63, 3.8) is 0 Å². The Labute approximate surface area is 221 Å². The van der Waals surface area contributed by atoms with Gasteiger partial charge in [-0.2, -0.15) is 16.7 Å². The number of nitrogens with zero attached hydrogens (tertiary/aromatic N) is 4. The maximum Gasteiger partial charge on any atom is 0.301 e. The van der Waals surface area contributed by atoms with Gasteiger partial charge in [-0.25, -0.2) is 13.8 Å². The molecule has 3 aliphatic rings. The van der Waals surface area contributed by atoms with Crippen LogP contribution in [0, 0.1) is 5.92 Å². The van der Waals surface area contributed by atoms with E-state index in [-0.39, 0.29) is 11.7 Å². The molecule has 0 radical (unpaired) electrons. The number of halogens is 3. The summed E-state index contributed by atoms with van der Waals surface area (Å²) in [5.74, 6) is -1.29. The van der Waals surface area contributed by atoms with Gasteiger partial charge in [-0.3, -0.25) is 4.79 Å². The number of thioether (sulfide) groups is 1. The number of alkyl halides is 2. The molecule has 12 heteroatoms. The molecule has 0 amide bonds. The second-order valence-corrected chi connectivity index (χ2v) is 11.9. The van der Waals surface area contributed by atoms with Gasteiger partial charge in [0.05, 0.1) is 23.4 Å². The van der Waals surface area contributed by atoms with Crippen molar-refractivity contribution >= 4 is 57.4 Å². The smallest absolute Gasteiger partial charge is 0.301 e. The summed E-state index contributed by atoms with van der Waals surface area (Å²) in [5.41, 5.74) is 1.08. The Morgan fingerprint density at radius 3 is 2.89 bits per heavy atom. The number of hydrogen-bond acceptors (Lipinski definition) is 8. The number of hydrogen-bond donors (Lipinski definition) is 2. The van der Waals surface area contributed by atoms with Gasteiger partial charge in [-0.15, -0.1) is 0 Å². The van der Waals surface area contributed by atoms with Crippen molar-refractivity contribution in [2.24, 2.45) is 13.0 Å². The van der Waals surface area contributed by atoms with Gasteiger partial charge in [0.15, 0.2) is 12.4 Å². The molecule has 1 aromatic carbocycles. The third-order valence-corrected chi connectivity index (χ3v) is 8.54. The Morgan fingerprint density at radius 1 is 1.32 bits per heavy atom. The molecule has 2 aromatic heterocycles. The lowest BCUT2D eigenvalue weighted by Gasteiger charge is -2.30. The monoisotopic (exact) mass is 548 g/mol. The Bertz CT molecular complexity index is 1430. The van der Waals surface area contributed by atoms with Crippen molar-refractivity contribution in [1.82, 2.24) is 14.5 Å². The highest BCUT2D eigenvalue weighted by Gasteiger charge is 2.51. The quantitative estimate of drug-likeness (QED) is 0.477. The lowest BCUT2D eigenvalue weighted by Crippen LogP contribution is -2.44. The number of ether oxygens (including phenoxy) is 1. The second kappa shape index (κ2) is 9.20. The van der Waals surface area contributed by atoms with Gasteiger partial charge in [0.25, 0.3) is 5.56 Å². The molecular weight excluding hydrogens is 522 g/mol. The van der Waals surface area contributed by atoms with Gasteiger partial charge in [0, 0.05) is 42.2 Å². The van der Waals surface area contributed by atoms with Gasteiger partial charge in [0.1, 0.15) is 5.02 Å². The zero-order chi connectivity index (χ0) is 25.9. The molecule has 196 valence electrons. The molecule has 2 N–H and O–H groups in total. The van der Waals surface area contributed by atoms with E-state index in [0.29, 0.717) is 44.3 Å². The summed E-state index contributed by atoms with van der Waals surface area (Å²) < 4.78 is 36.7. The molecule has 4 heterocycles. The first kappa shape index (κ1) is 24.5. The summed E-state index contributed by atoms with van der Waals surface area (Å²) in [5, 5.41) is 7.69. The van der Waals surface area contributed by atoms with E-state index in [1.807, 2.05) is 11.8 Å². The molecule has 1 aliphatic carbocycles. The molecule has 1 saturated heterocycles. The number of aryl methyl sites for hydroxylation is 1. The first-order valence-corrected chi connectivity index (χ1v) is 13.7. The summed E-state index contributed by atoms with van der Waals surface area (Å²) >= 11 is 8.36. The Hall–Kier alpha value is -2.79. The lowest BCUT2D eigenvalue weighted by molar-refractivity contribution is -0.0579. The topological polar surface area (TPSA) is 84.3 Å². The van der Waals surface area contributed by atoms with Crippen LogP contribution in [-0.4, -0.2) is 57.2 Å². The highest BCUT2D eigenvalue weighted by atomic mass is 35.5. The van der Waals surface area contributed by atoms with Crippen LogP contribution in [0.3, 0.4) is 0 Å². The number of anilines is 4. The van der Waals surface area contributed by atoms with Crippen molar-refractivity contribution in [2.45, 2.75) is 37.0 Å². The fourth-order valence-electron chi connectivity index (χ4n) is 5.02. The maximum absolute atomic E-state index is 14.9. The van der Waals surface area contributed by atoms with Gasteiger partial charge in [-0.05, 0) is 37.0 Å². The molecule has 2 atom stereocenters. The minimum absolute atomic E-state index is 0.0885. The first-order valence-electron chi connectivity index (χ1n) is 12.3. The fraction of sp³-hybridized carbons (Fsp3) is 0.480. The number of aromatic nitrogens is 3. The standard InChI is InChI=1S/C25H27ClF2N6O2S/c1-13-11-34(7-8-37-13)24-29-10-17(26)22(32-24)30-15-5-6-18-16(9-15)19-20(23(35)33(18)2)36-12-25(27,28)21(31-19)14-3-4-14/h5-6,9-10,13-14,21,31H,3-4,7-8,11-12H2,1-2H3,(H,29,30,32)/t13-,21-/m0/s1. The van der Waals surface area contributed by atoms with E-state index in [1.165, 1.54) is 4.57 Å². The van der Waals surface area contributed by atoms with Crippen molar-refractivity contribution in [3.05, 3.63) is 39.8 Å². The van der Waals surface area contributed by atoms with Crippen LogP contribution in [0.1, 0.15) is 19.8 Å². The highest BCUT2D eigenvalue weighted by Crippen LogP contribution is 2.45. The van der Waals surface area contributed by atoms with Crippen LogP contribution in [0.2, 0.25) is 5.02 Å². The second-order valence-electron chi connectivity index (χ2n) is 9.93. The molecule has 0 bridgehead atoms. The summed E-state index contributed by atoms with van der Waals surface area (Å²) in [6.07, 6.45) is 3.02. The summed E-state index contributed by atoms with van der Waals surface area (Å²) in [6.45, 7) is 3.05. The molecule has 0 unspecified atom stereocenters. The van der Waals surface area contributed by atoms with E-state index in [1.54, 1.807) is 31.4 Å². The molecular formula is C25H27ClF2N6O2S. The van der Waals surface area contributed by atoms with E-state index in [0.717, 1.165) is 31.7 Å². The van der Waals surface area contributed by atoms with Gasteiger partial charge < -0.3 is 24.8 Å². The highest BCUT2D eigenvalue weighted by molar-refractivity contribution is 8.00. The van der Waals surface area contributed by atoms with E-state index >= 15 is 0 Å². The van der Waals surface area contributed by atoms with Crippen molar-refractivity contribution in [1.29, 1.82) is 0 Å². The van der Waals surface area contributed by atoms with Crippen molar-refractivity contribution in [3.8, 4) is 5.75 Å². The molecule has 0 spiro atoms. The molecule has 8 nitrogen and oxygen atoms in total. The summed E-state index contributed by atoms with van der Waals surface area (Å²) in [6, 6.07) is 4.28. The number of fused-ring (bicyclic) bond motifs is 3. The van der Waals surface area contributed by atoms with Crippen molar-refractivity contribution in [2.75, 3.05) is 41.0 Å². The number of rotatable bonds is 4. The Kier molecular flexibility index (Phi) is 6.10. The Morgan fingerprint density at radius 2 is 2.14 bits per heavy atom. The van der Waals surface area contributed by atoms with Crippen LogP contribution in [-0.2, 0) is 7.05 Å². The van der Waals surface area contributed by atoms with Gasteiger partial charge in [0.2, 0.25) is 11.7 Å². The lowest BCUT2D eigenvalue weighted by atomic mass is 10.0. The van der Waals surface area contributed by atoms with E-state index in [2.05, 4.69) is 32.4 Å². The number of pyridine rings is 1. The summed E-state index contributed by atoms with van der Waals surface area (Å²) in [7, 11) is 1.61. The number of benzene rings is 1. The molecule has 3 aromatic rings. The Balaban J connectivity index is 1.39. The molecule has 37 heavy (non-hydrogen) atoms. The molecule has 2 aliphatic heterocycles. The average molecular weight is 549 g/mol. The van der Waals surface area contributed by atoms with Crippen LogP contribution in [0.25, 0.3) is 10.9 Å². The molecule has 2 fully saturated rings. The van der Waals surface area contributed by atoms with Crippen LogP contribution < -0.4 is 25.8 Å². The number of nitrogens with one attached hydrogen (secondary N) is 2. The average Bonchev–Trinajstić information content (AvgIpc) is 3.71. The zero-order valence-corrected chi connectivity index (χ0v) is 22.0. The van der Waals surface area contributed by atoms with Crippen LogP contribution in [0.4, 0.5) is 31.9 Å². The van der Waals surface area contributed by atoms with Crippen molar-refractivity contribution < 1.29 is 13.5 Å². The SMILES string of the molecule is C[C@H]1CN(c2ncc(Cl)c(Nc3ccc4c(c3)c3c(c(=O)n4C)OCC(F)(F)[C@H](C4CC4)N3)n2)CCS1. The summed E-state index contributed by atoms with van der Waals surface area (Å²) in [4.78, 5) is 24.2. The fourth-order valence-corrected chi connectivity index (χ4v) is 6.17. The predicted octanol–water partition coefficient (Wildman–Crippen LogP) is 4.89. The van der Waals surface area contributed by atoms with Crippen LogP contribution >= 0.6 is 23.4 Å². The normalized spacial score (nSPS) is 23.1. The molecule has 6 rings (SSSR count). The van der Waals surface area contributed by atoms with Crippen LogP contribution in [0.5, 0.6) is 5.75 Å². The largest absolute Gasteiger partial charge is 0.480 e. The minimum atomic E-state index is -3.09. The molecule has 1 saturated carbocycles. The third kappa shape index (κ3) is 4.56. The van der Waals surface area contributed by atoms with E-state index in [4.69, 9.17) is 16.3 Å². The zero-order valence-electron chi connectivity index (χ0n) is 20.4. The van der Waals surface area contributed by atoms with Gasteiger partial charge >= 0.3 is 5.92 Å². The first-order chi connectivity index (χ1) is 17.7. The van der Waals surface area contributed by atoms with Gasteiger partial charge in [-0.1, -0.05) is 18.5 Å². The maximum atomic E-state index is 14.9. The van der Waals surface area contributed by atoms with E-state index < -0.39 is 24.1 Å². The minimum Gasteiger partial charge on any atom is -0.480 e. The predicted molar refractivity (Wildman–Crippen MR) is 144 cm³/mol.